The molecule has 8 heteroatoms. The van der Waals surface area contributed by atoms with Crippen LogP contribution in [0.5, 0.6) is 5.75 Å². The molecule has 0 fully saturated rings. The van der Waals surface area contributed by atoms with Crippen molar-refractivity contribution in [2.45, 2.75) is 6.54 Å². The molecule has 0 aliphatic rings. The summed E-state index contributed by atoms with van der Waals surface area (Å²) in [7, 11) is 1.79. The second kappa shape index (κ2) is 7.40. The third-order valence-corrected chi connectivity index (χ3v) is 4.81. The largest absolute Gasteiger partial charge is 0.492 e. The molecule has 0 amide bonds. The Bertz CT molecular complexity index is 1030. The maximum atomic E-state index is 9.00. The Balaban J connectivity index is 1.96. The monoisotopic (exact) mass is 394 g/mol. The average molecular weight is 396 g/mol. The van der Waals surface area contributed by atoms with Crippen molar-refractivity contribution < 1.29 is 4.74 Å². The summed E-state index contributed by atoms with van der Waals surface area (Å²) < 4.78 is 9.35. The lowest BCUT2D eigenvalue weighted by molar-refractivity contribution is 0.297. The zero-order chi connectivity index (χ0) is 18.0. The molecule has 0 atom stereocenters. The van der Waals surface area contributed by atoms with Gasteiger partial charge in [0.05, 0.1) is 27.6 Å². The summed E-state index contributed by atoms with van der Waals surface area (Å²) in [4.78, 5) is 3.91. The van der Waals surface area contributed by atoms with E-state index in [0.717, 1.165) is 11.0 Å². The van der Waals surface area contributed by atoms with Gasteiger partial charge in [-0.3, -0.25) is 0 Å². The minimum atomic E-state index is 0.388. The summed E-state index contributed by atoms with van der Waals surface area (Å²) in [6.45, 7) is 0.873. The maximum absolute atomic E-state index is 9.00. The number of ether oxygens (including phenoxy) is 1. The summed E-state index contributed by atoms with van der Waals surface area (Å²) in [5, 5.41) is 10.5. The number of hydrogen-bond donors (Lipinski definition) is 0. The van der Waals surface area contributed by atoms with E-state index >= 15 is 0 Å². The third kappa shape index (κ3) is 3.47. The zero-order valence-corrected chi connectivity index (χ0v) is 15.5. The van der Waals surface area contributed by atoms with Gasteiger partial charge in [0.1, 0.15) is 12.4 Å². The number of aryl methyl sites for hydroxylation is 1. The molecule has 0 aliphatic heterocycles. The van der Waals surface area contributed by atoms with Gasteiger partial charge in [0, 0.05) is 12.1 Å². The first-order chi connectivity index (χ1) is 12.0. The Morgan fingerprint density at radius 1 is 1.12 bits per heavy atom. The van der Waals surface area contributed by atoms with E-state index in [1.807, 2.05) is 16.8 Å². The van der Waals surface area contributed by atoms with Crippen molar-refractivity contribution in [1.82, 2.24) is 9.13 Å². The molecule has 3 aromatic rings. The minimum Gasteiger partial charge on any atom is -0.492 e. The molecular formula is C17H13Cl3N4O. The van der Waals surface area contributed by atoms with Gasteiger partial charge in [0.25, 0.3) is 0 Å². The van der Waals surface area contributed by atoms with Crippen LogP contribution in [0.3, 0.4) is 0 Å². The van der Waals surface area contributed by atoms with E-state index in [2.05, 4.69) is 4.99 Å². The van der Waals surface area contributed by atoms with E-state index in [1.165, 1.54) is 0 Å². The Morgan fingerprint density at radius 2 is 1.84 bits per heavy atom. The number of hydrogen-bond acceptors (Lipinski definition) is 3. The van der Waals surface area contributed by atoms with Gasteiger partial charge in [0.15, 0.2) is 0 Å². The number of aromatic nitrogens is 2. The number of nitriles is 1. The van der Waals surface area contributed by atoms with Gasteiger partial charge in [-0.2, -0.15) is 5.26 Å². The molecule has 128 valence electrons. The normalized spacial score (nSPS) is 11.7. The minimum absolute atomic E-state index is 0.388. The second-order valence-electron chi connectivity index (χ2n) is 5.25. The Morgan fingerprint density at radius 3 is 2.52 bits per heavy atom. The average Bonchev–Trinajstić information content (AvgIpc) is 2.86. The van der Waals surface area contributed by atoms with E-state index in [9.17, 15) is 0 Å². The fourth-order valence-electron chi connectivity index (χ4n) is 2.64. The Kier molecular flexibility index (Phi) is 5.24. The fourth-order valence-corrected chi connectivity index (χ4v) is 3.21. The number of rotatable bonds is 4. The van der Waals surface area contributed by atoms with Gasteiger partial charge < -0.3 is 13.9 Å². The Hall–Kier alpha value is -2.13. The highest BCUT2D eigenvalue weighted by molar-refractivity contribution is 6.44. The molecule has 5 nitrogen and oxygen atoms in total. The number of nitrogens with zero attached hydrogens (tertiary/aromatic N) is 4. The van der Waals surface area contributed by atoms with Crippen LogP contribution < -0.4 is 10.4 Å². The van der Waals surface area contributed by atoms with Gasteiger partial charge in [0.2, 0.25) is 11.8 Å². The van der Waals surface area contributed by atoms with Crippen molar-refractivity contribution in [3.8, 4) is 11.9 Å². The Labute approximate surface area is 159 Å². The summed E-state index contributed by atoms with van der Waals surface area (Å²) in [6, 6.07) is 10.7. The number of fused-ring (bicyclic) bond motifs is 1. The quantitative estimate of drug-likeness (QED) is 0.615. The van der Waals surface area contributed by atoms with Gasteiger partial charge in [-0.05, 0) is 36.4 Å². The molecule has 0 spiro atoms. The lowest BCUT2D eigenvalue weighted by Crippen LogP contribution is -2.26. The predicted octanol–water partition coefficient (Wildman–Crippen LogP) is 4.40. The highest BCUT2D eigenvalue weighted by Crippen LogP contribution is 2.30. The van der Waals surface area contributed by atoms with Crippen LogP contribution in [0.2, 0.25) is 15.1 Å². The fraction of sp³-hybridized carbons (Fsp3) is 0.176. The van der Waals surface area contributed by atoms with Gasteiger partial charge in [-0.1, -0.05) is 34.8 Å². The van der Waals surface area contributed by atoms with Crippen molar-refractivity contribution in [2.24, 2.45) is 12.0 Å². The molecule has 0 saturated carbocycles. The van der Waals surface area contributed by atoms with Crippen molar-refractivity contribution in [3.05, 3.63) is 57.1 Å². The molecular weight excluding hydrogens is 383 g/mol. The van der Waals surface area contributed by atoms with Crippen LogP contribution in [0.25, 0.3) is 11.0 Å². The van der Waals surface area contributed by atoms with Crippen molar-refractivity contribution in [3.63, 3.8) is 0 Å². The number of imidazole rings is 1. The molecule has 2 aromatic carbocycles. The highest BCUT2D eigenvalue weighted by Gasteiger charge is 2.14. The van der Waals surface area contributed by atoms with Crippen molar-refractivity contribution in [2.75, 3.05) is 6.61 Å². The topological polar surface area (TPSA) is 55.2 Å². The van der Waals surface area contributed by atoms with Crippen LogP contribution in [0.4, 0.5) is 0 Å². The molecule has 0 radical (unpaired) electrons. The van der Waals surface area contributed by atoms with E-state index in [1.54, 1.807) is 41.9 Å². The van der Waals surface area contributed by atoms with E-state index < -0.39 is 0 Å². The summed E-state index contributed by atoms with van der Waals surface area (Å²) in [5.74, 6) is 0.713. The molecule has 0 N–H and O–H groups in total. The molecule has 0 unspecified atom stereocenters. The first-order valence-electron chi connectivity index (χ1n) is 7.37. The lowest BCUT2D eigenvalue weighted by atomic mass is 10.3. The second-order valence-corrected chi connectivity index (χ2v) is 6.48. The molecule has 3 rings (SSSR count). The molecule has 1 heterocycles. The summed E-state index contributed by atoms with van der Waals surface area (Å²) >= 11 is 18.3. The van der Waals surface area contributed by atoms with Gasteiger partial charge in [-0.15, -0.1) is 4.99 Å². The summed E-state index contributed by atoms with van der Waals surface area (Å²) in [5.41, 5.74) is 2.02. The molecule has 0 saturated heterocycles. The highest BCUT2D eigenvalue weighted by atomic mass is 35.5. The number of halogens is 3. The predicted molar refractivity (Wildman–Crippen MR) is 99.1 cm³/mol. The van der Waals surface area contributed by atoms with E-state index in [0.29, 0.717) is 39.6 Å². The molecule has 0 bridgehead atoms. The van der Waals surface area contributed by atoms with Gasteiger partial charge in [-0.25, -0.2) is 0 Å². The van der Waals surface area contributed by atoms with Crippen molar-refractivity contribution in [1.29, 1.82) is 5.26 Å². The third-order valence-electron chi connectivity index (χ3n) is 3.76. The standard InChI is InChI=1S/C17H13Cl3N4O/c1-23-16-14(7-6-13(19)15(16)20)24(17(23)22-10-21)8-9-25-12-4-2-11(18)3-5-12/h2-7H,8-9H2,1H3. The van der Waals surface area contributed by atoms with Gasteiger partial charge >= 0.3 is 0 Å². The molecule has 25 heavy (non-hydrogen) atoms. The van der Waals surface area contributed by atoms with E-state index in [4.69, 9.17) is 44.8 Å². The lowest BCUT2D eigenvalue weighted by Gasteiger charge is -2.08. The zero-order valence-electron chi connectivity index (χ0n) is 13.2. The first-order valence-corrected chi connectivity index (χ1v) is 8.50. The van der Waals surface area contributed by atoms with Crippen LogP contribution in [0.1, 0.15) is 0 Å². The smallest absolute Gasteiger partial charge is 0.221 e. The van der Waals surface area contributed by atoms with Crippen LogP contribution in [0, 0.1) is 11.5 Å². The summed E-state index contributed by atoms with van der Waals surface area (Å²) in [6.07, 6.45) is 1.83. The van der Waals surface area contributed by atoms with Crippen LogP contribution in [-0.2, 0) is 13.6 Å². The maximum Gasteiger partial charge on any atom is 0.221 e. The molecule has 0 aliphatic carbocycles. The van der Waals surface area contributed by atoms with Crippen LogP contribution in [-0.4, -0.2) is 15.7 Å². The molecule has 1 aromatic heterocycles. The van der Waals surface area contributed by atoms with Crippen LogP contribution >= 0.6 is 34.8 Å². The SMILES string of the molecule is Cn1c(=NC#N)n(CCOc2ccc(Cl)cc2)c2ccc(Cl)c(Cl)c21. The number of benzene rings is 2. The van der Waals surface area contributed by atoms with Crippen LogP contribution in [0.15, 0.2) is 41.4 Å². The first kappa shape index (κ1) is 17.7. The van der Waals surface area contributed by atoms with Crippen molar-refractivity contribution >= 4 is 45.8 Å². The van der Waals surface area contributed by atoms with E-state index in [-0.39, 0.29) is 0 Å².